The molecule has 3 N–H and O–H groups in total. The fraction of sp³-hybridized carbons (Fsp3) is 0.267. The van der Waals surface area contributed by atoms with E-state index in [4.69, 9.17) is 18.0 Å². The molecule has 2 unspecified atom stereocenters. The Morgan fingerprint density at radius 3 is 2.50 bits per heavy atom. The third-order valence-corrected chi connectivity index (χ3v) is 3.89. The van der Waals surface area contributed by atoms with Crippen LogP contribution in [0.4, 0.5) is 4.39 Å². The molecule has 0 spiro atoms. The summed E-state index contributed by atoms with van der Waals surface area (Å²) in [6.45, 7) is 0. The molecular formula is C15H15FN4OS. The van der Waals surface area contributed by atoms with Crippen LogP contribution >= 0.6 is 12.2 Å². The van der Waals surface area contributed by atoms with E-state index in [1.54, 1.807) is 14.1 Å². The van der Waals surface area contributed by atoms with Gasteiger partial charge in [-0.3, -0.25) is 4.79 Å². The van der Waals surface area contributed by atoms with Gasteiger partial charge in [-0.2, -0.15) is 5.26 Å². The zero-order chi connectivity index (χ0) is 16.4. The molecule has 114 valence electrons. The zero-order valence-electron chi connectivity index (χ0n) is 12.1. The highest BCUT2D eigenvalue weighted by molar-refractivity contribution is 7.80. The van der Waals surface area contributed by atoms with Crippen LogP contribution in [0.2, 0.25) is 0 Å². The summed E-state index contributed by atoms with van der Waals surface area (Å²) in [5, 5.41) is 12.1. The highest BCUT2D eigenvalue weighted by Crippen LogP contribution is 2.37. The van der Waals surface area contributed by atoms with Gasteiger partial charge in [0.25, 0.3) is 0 Å². The molecule has 1 aromatic carbocycles. The van der Waals surface area contributed by atoms with Crippen molar-refractivity contribution in [3.63, 3.8) is 0 Å². The number of thiocarbonyl (C=S) groups is 1. The van der Waals surface area contributed by atoms with Gasteiger partial charge in [0.15, 0.2) is 0 Å². The van der Waals surface area contributed by atoms with E-state index >= 15 is 0 Å². The van der Waals surface area contributed by atoms with Crippen LogP contribution in [0.25, 0.3) is 0 Å². The van der Waals surface area contributed by atoms with Gasteiger partial charge in [-0.15, -0.1) is 0 Å². The Morgan fingerprint density at radius 2 is 2.00 bits per heavy atom. The molecule has 1 heterocycles. The first kappa shape index (κ1) is 15.9. The van der Waals surface area contributed by atoms with Gasteiger partial charge in [-0.1, -0.05) is 24.4 Å². The molecule has 0 aromatic heterocycles. The van der Waals surface area contributed by atoms with Gasteiger partial charge < -0.3 is 16.0 Å². The summed E-state index contributed by atoms with van der Waals surface area (Å²) in [5.74, 6) is -1.89. The number of nitrogens with zero attached hydrogens (tertiary/aromatic N) is 2. The van der Waals surface area contributed by atoms with Gasteiger partial charge in [0.1, 0.15) is 17.6 Å². The molecule has 5 nitrogen and oxygen atoms in total. The van der Waals surface area contributed by atoms with E-state index in [1.165, 1.54) is 29.2 Å². The quantitative estimate of drug-likeness (QED) is 0.802. The van der Waals surface area contributed by atoms with E-state index in [0.29, 0.717) is 5.56 Å². The maximum atomic E-state index is 13.2. The molecule has 0 radical (unpaired) electrons. The Balaban J connectivity index is 2.60. The number of carbonyl (C=O) groups excluding carboxylic acids is 1. The topological polar surface area (TPSA) is 82.2 Å². The number of nitriles is 1. The second kappa shape index (κ2) is 6.12. The number of rotatable bonds is 2. The zero-order valence-corrected chi connectivity index (χ0v) is 12.9. The number of carbonyl (C=O) groups is 1. The molecule has 1 aromatic rings. The lowest BCUT2D eigenvalue weighted by atomic mass is 9.77. The van der Waals surface area contributed by atoms with Crippen LogP contribution in [-0.4, -0.2) is 29.9 Å². The molecular weight excluding hydrogens is 303 g/mol. The minimum atomic E-state index is -0.752. The number of allylic oxidation sites excluding steroid dienone is 1. The van der Waals surface area contributed by atoms with Gasteiger partial charge in [0.05, 0.1) is 16.6 Å². The second-order valence-corrected chi connectivity index (χ2v) is 5.61. The van der Waals surface area contributed by atoms with Crippen LogP contribution in [0.15, 0.2) is 35.7 Å². The number of amides is 1. The average Bonchev–Trinajstić information content (AvgIpc) is 2.46. The van der Waals surface area contributed by atoms with Crippen molar-refractivity contribution in [3.05, 3.63) is 47.0 Å². The van der Waals surface area contributed by atoms with Gasteiger partial charge in [-0.25, -0.2) is 4.39 Å². The SMILES string of the molecule is CN(C)C(=O)C1C(=S)NC(N)=C(C#N)C1c1ccc(F)cc1. The Hall–Kier alpha value is -2.46. The largest absolute Gasteiger partial charge is 0.384 e. The predicted molar refractivity (Wildman–Crippen MR) is 83.9 cm³/mol. The lowest BCUT2D eigenvalue weighted by molar-refractivity contribution is -0.131. The van der Waals surface area contributed by atoms with Gasteiger partial charge in [0, 0.05) is 20.0 Å². The Morgan fingerprint density at radius 1 is 1.41 bits per heavy atom. The van der Waals surface area contributed by atoms with Crippen LogP contribution in [-0.2, 0) is 4.79 Å². The van der Waals surface area contributed by atoms with Crippen molar-refractivity contribution < 1.29 is 9.18 Å². The van der Waals surface area contributed by atoms with Crippen molar-refractivity contribution in [1.29, 1.82) is 5.26 Å². The molecule has 2 atom stereocenters. The summed E-state index contributed by atoms with van der Waals surface area (Å²) in [5.41, 5.74) is 6.67. The average molecular weight is 318 g/mol. The normalized spacial score (nSPS) is 21.1. The van der Waals surface area contributed by atoms with E-state index in [-0.39, 0.29) is 22.3 Å². The minimum absolute atomic E-state index is 0.129. The van der Waals surface area contributed by atoms with E-state index in [9.17, 15) is 14.4 Å². The lowest BCUT2D eigenvalue weighted by Crippen LogP contribution is -2.48. The first-order valence-electron chi connectivity index (χ1n) is 6.54. The fourth-order valence-corrected chi connectivity index (χ4v) is 2.80. The number of nitrogens with one attached hydrogen (secondary N) is 1. The van der Waals surface area contributed by atoms with E-state index in [2.05, 4.69) is 5.32 Å². The first-order valence-corrected chi connectivity index (χ1v) is 6.95. The van der Waals surface area contributed by atoms with E-state index < -0.39 is 17.7 Å². The molecule has 0 aliphatic carbocycles. The van der Waals surface area contributed by atoms with Gasteiger partial charge in [-0.05, 0) is 17.7 Å². The molecule has 0 fully saturated rings. The van der Waals surface area contributed by atoms with Crippen LogP contribution in [0, 0.1) is 23.1 Å². The summed E-state index contributed by atoms with van der Waals surface area (Å²) in [6.07, 6.45) is 0. The lowest BCUT2D eigenvalue weighted by Gasteiger charge is -2.34. The monoisotopic (exact) mass is 318 g/mol. The number of hydrogen-bond acceptors (Lipinski definition) is 4. The summed E-state index contributed by atoms with van der Waals surface area (Å²) in [7, 11) is 3.22. The van der Waals surface area contributed by atoms with E-state index in [1.807, 2.05) is 6.07 Å². The van der Waals surface area contributed by atoms with Crippen molar-refractivity contribution in [3.8, 4) is 6.07 Å². The molecule has 1 aliphatic rings. The van der Waals surface area contributed by atoms with Crippen molar-refractivity contribution in [2.75, 3.05) is 14.1 Å². The molecule has 7 heteroatoms. The first-order chi connectivity index (χ1) is 10.4. The van der Waals surface area contributed by atoms with Crippen molar-refractivity contribution in [2.24, 2.45) is 11.7 Å². The smallest absolute Gasteiger partial charge is 0.233 e. The van der Waals surface area contributed by atoms with Crippen molar-refractivity contribution in [1.82, 2.24) is 10.2 Å². The van der Waals surface area contributed by atoms with Gasteiger partial charge in [0.2, 0.25) is 5.91 Å². The van der Waals surface area contributed by atoms with Crippen LogP contribution in [0.3, 0.4) is 0 Å². The third-order valence-electron chi connectivity index (χ3n) is 3.53. The van der Waals surface area contributed by atoms with E-state index in [0.717, 1.165) is 0 Å². The molecule has 22 heavy (non-hydrogen) atoms. The Bertz CT molecular complexity index is 690. The van der Waals surface area contributed by atoms with Crippen molar-refractivity contribution >= 4 is 23.1 Å². The highest BCUT2D eigenvalue weighted by Gasteiger charge is 2.41. The molecule has 0 bridgehead atoms. The fourth-order valence-electron chi connectivity index (χ4n) is 2.46. The summed E-state index contributed by atoms with van der Waals surface area (Å²) in [6, 6.07) is 7.66. The van der Waals surface area contributed by atoms with Crippen molar-refractivity contribution in [2.45, 2.75) is 5.92 Å². The second-order valence-electron chi connectivity index (χ2n) is 5.17. The number of nitrogens with two attached hydrogens (primary N) is 1. The van der Waals surface area contributed by atoms with Crippen LogP contribution in [0.5, 0.6) is 0 Å². The summed E-state index contributed by atoms with van der Waals surface area (Å²) >= 11 is 5.25. The minimum Gasteiger partial charge on any atom is -0.384 e. The molecule has 1 amide bonds. The summed E-state index contributed by atoms with van der Waals surface area (Å²) in [4.78, 5) is 14.1. The maximum Gasteiger partial charge on any atom is 0.233 e. The number of benzene rings is 1. The van der Waals surface area contributed by atoms with Gasteiger partial charge >= 0.3 is 0 Å². The van der Waals surface area contributed by atoms with Crippen LogP contribution < -0.4 is 11.1 Å². The molecule has 0 saturated heterocycles. The Labute approximate surface area is 133 Å². The summed E-state index contributed by atoms with van der Waals surface area (Å²) < 4.78 is 13.2. The predicted octanol–water partition coefficient (Wildman–Crippen LogP) is 1.24. The Kier molecular flexibility index (Phi) is 4.43. The standard InChI is InChI=1S/C15H15FN4OS/c1-20(2)15(21)12-11(8-3-5-9(16)6-4-8)10(7-17)13(18)19-14(12)22/h3-6,11-12H,18H2,1-2H3,(H,19,22). The third kappa shape index (κ3) is 2.78. The molecule has 1 aliphatic heterocycles. The number of halogens is 1. The van der Waals surface area contributed by atoms with Crippen LogP contribution in [0.1, 0.15) is 11.5 Å². The number of hydrogen-bond donors (Lipinski definition) is 2. The maximum absolute atomic E-state index is 13.2. The molecule has 0 saturated carbocycles. The highest BCUT2D eigenvalue weighted by atomic mass is 32.1. The molecule has 2 rings (SSSR count).